The summed E-state index contributed by atoms with van der Waals surface area (Å²) >= 11 is 0. The number of aliphatic hydroxyl groups is 1. The maximum atomic E-state index is 9.49. The minimum atomic E-state index is 0.192. The third kappa shape index (κ3) is 3.79. The van der Waals surface area contributed by atoms with Crippen LogP contribution in [0.1, 0.15) is 50.5 Å². The molecule has 2 heterocycles. The van der Waals surface area contributed by atoms with Crippen molar-refractivity contribution in [3.63, 3.8) is 0 Å². The number of rotatable bonds is 5. The first-order valence-electron chi connectivity index (χ1n) is 8.45. The van der Waals surface area contributed by atoms with Crippen molar-refractivity contribution < 1.29 is 9.63 Å². The molecule has 1 aliphatic rings. The van der Waals surface area contributed by atoms with Crippen LogP contribution < -0.4 is 0 Å². The molecular weight excluding hydrogens is 290 g/mol. The Morgan fingerprint density at radius 3 is 2.74 bits per heavy atom. The lowest BCUT2D eigenvalue weighted by Crippen LogP contribution is -2.41. The van der Waals surface area contributed by atoms with Crippen LogP contribution in [-0.4, -0.2) is 39.3 Å². The van der Waals surface area contributed by atoms with E-state index in [-0.39, 0.29) is 12.6 Å². The minimum Gasteiger partial charge on any atom is -0.395 e. The van der Waals surface area contributed by atoms with Crippen LogP contribution >= 0.6 is 0 Å². The second-order valence-electron chi connectivity index (χ2n) is 6.59. The summed E-state index contributed by atoms with van der Waals surface area (Å²) in [5.74, 6) is 1.76. The summed E-state index contributed by atoms with van der Waals surface area (Å²) in [5.41, 5.74) is 2.28. The maximum absolute atomic E-state index is 9.49. The fourth-order valence-corrected chi connectivity index (χ4v) is 3.10. The van der Waals surface area contributed by atoms with Crippen molar-refractivity contribution in [2.45, 2.75) is 51.6 Å². The molecule has 0 bridgehead atoms. The Bertz CT molecular complexity index is 621. The summed E-state index contributed by atoms with van der Waals surface area (Å²) < 4.78 is 5.41. The highest BCUT2D eigenvalue weighted by atomic mass is 16.5. The highest BCUT2D eigenvalue weighted by Gasteiger charge is 2.23. The minimum absolute atomic E-state index is 0.192. The average molecular weight is 315 g/mol. The van der Waals surface area contributed by atoms with E-state index in [4.69, 9.17) is 4.52 Å². The zero-order valence-electron chi connectivity index (χ0n) is 13.9. The highest BCUT2D eigenvalue weighted by Crippen LogP contribution is 2.22. The van der Waals surface area contributed by atoms with Crippen molar-refractivity contribution in [3.8, 4) is 11.4 Å². The van der Waals surface area contributed by atoms with Crippen LogP contribution in [0, 0.1) is 0 Å². The number of nitrogens with zero attached hydrogens (tertiary/aromatic N) is 3. The molecule has 1 aromatic heterocycles. The highest BCUT2D eigenvalue weighted by molar-refractivity contribution is 5.54. The van der Waals surface area contributed by atoms with E-state index < -0.39 is 0 Å². The van der Waals surface area contributed by atoms with E-state index in [9.17, 15) is 5.11 Å². The van der Waals surface area contributed by atoms with Crippen molar-refractivity contribution in [2.75, 3.05) is 13.2 Å². The maximum Gasteiger partial charge on any atom is 0.241 e. The van der Waals surface area contributed by atoms with Gasteiger partial charge in [0.25, 0.3) is 0 Å². The van der Waals surface area contributed by atoms with E-state index >= 15 is 0 Å². The first-order chi connectivity index (χ1) is 11.2. The monoisotopic (exact) mass is 315 g/mol. The zero-order valence-corrected chi connectivity index (χ0v) is 13.9. The van der Waals surface area contributed by atoms with Gasteiger partial charge in [0.2, 0.25) is 11.7 Å². The normalized spacial score (nSPS) is 19.4. The average Bonchev–Trinajstić information content (AvgIpc) is 3.04. The molecule has 5 nitrogen and oxygen atoms in total. The van der Waals surface area contributed by atoms with Crippen LogP contribution in [0.4, 0.5) is 0 Å². The number of aliphatic hydroxyl groups excluding tert-OH is 1. The molecule has 1 atom stereocenters. The largest absolute Gasteiger partial charge is 0.395 e. The van der Waals surface area contributed by atoms with Gasteiger partial charge in [0, 0.05) is 11.6 Å². The lowest BCUT2D eigenvalue weighted by Gasteiger charge is -2.33. The van der Waals surface area contributed by atoms with Gasteiger partial charge in [0.15, 0.2) is 0 Å². The Kier molecular flexibility index (Phi) is 5.08. The summed E-state index contributed by atoms with van der Waals surface area (Å²) in [6, 6.07) is 8.53. The third-order valence-electron chi connectivity index (χ3n) is 4.60. The van der Waals surface area contributed by atoms with Crippen LogP contribution in [0.25, 0.3) is 11.4 Å². The van der Waals surface area contributed by atoms with Crippen LogP contribution in [0.5, 0.6) is 0 Å². The van der Waals surface area contributed by atoms with Crippen LogP contribution in [0.3, 0.4) is 0 Å². The number of hydrogen-bond donors (Lipinski definition) is 1. The summed E-state index contributed by atoms with van der Waals surface area (Å²) in [6.45, 7) is 6.14. The standard InChI is InChI=1S/C18H25N3O2/c1-13(2)14-6-8-15(9-7-14)18-19-17(23-20-18)11-21-10-4-3-5-16(21)12-22/h6-9,13,16,22H,3-5,10-12H2,1-2H3. The molecule has 1 unspecified atom stereocenters. The van der Waals surface area contributed by atoms with Gasteiger partial charge in [-0.2, -0.15) is 4.98 Å². The lowest BCUT2D eigenvalue weighted by molar-refractivity contribution is 0.0749. The van der Waals surface area contributed by atoms with Gasteiger partial charge in [0.1, 0.15) is 0 Å². The molecule has 1 aromatic carbocycles. The Hall–Kier alpha value is -1.72. The number of aromatic nitrogens is 2. The van der Waals surface area contributed by atoms with Crippen molar-refractivity contribution in [1.29, 1.82) is 0 Å². The molecule has 1 aliphatic heterocycles. The van der Waals surface area contributed by atoms with Gasteiger partial charge in [-0.05, 0) is 30.9 Å². The molecular formula is C18H25N3O2. The van der Waals surface area contributed by atoms with Crippen molar-refractivity contribution in [2.24, 2.45) is 0 Å². The number of piperidine rings is 1. The van der Waals surface area contributed by atoms with Gasteiger partial charge in [-0.3, -0.25) is 4.90 Å². The van der Waals surface area contributed by atoms with E-state index in [1.807, 2.05) is 12.1 Å². The van der Waals surface area contributed by atoms with Crippen molar-refractivity contribution in [3.05, 3.63) is 35.7 Å². The van der Waals surface area contributed by atoms with E-state index in [0.717, 1.165) is 24.9 Å². The summed E-state index contributed by atoms with van der Waals surface area (Å²) in [5, 5.41) is 13.6. The van der Waals surface area contributed by atoms with Gasteiger partial charge >= 0.3 is 0 Å². The molecule has 0 radical (unpaired) electrons. The molecule has 1 N–H and O–H groups in total. The van der Waals surface area contributed by atoms with Gasteiger partial charge in [-0.1, -0.05) is 49.7 Å². The molecule has 5 heteroatoms. The van der Waals surface area contributed by atoms with Crippen molar-refractivity contribution >= 4 is 0 Å². The Morgan fingerprint density at radius 2 is 2.04 bits per heavy atom. The van der Waals surface area contributed by atoms with Gasteiger partial charge in [0.05, 0.1) is 13.2 Å². The predicted molar refractivity (Wildman–Crippen MR) is 89.0 cm³/mol. The second kappa shape index (κ2) is 7.23. The van der Waals surface area contributed by atoms with E-state index in [2.05, 4.69) is 41.0 Å². The molecule has 1 fully saturated rings. The van der Waals surface area contributed by atoms with Gasteiger partial charge < -0.3 is 9.63 Å². The number of benzene rings is 1. The van der Waals surface area contributed by atoms with E-state index in [1.165, 1.54) is 12.0 Å². The fraction of sp³-hybridized carbons (Fsp3) is 0.556. The van der Waals surface area contributed by atoms with Gasteiger partial charge in [-0.15, -0.1) is 0 Å². The SMILES string of the molecule is CC(C)c1ccc(-c2noc(CN3CCCCC3CO)n2)cc1. The Balaban J connectivity index is 1.70. The summed E-state index contributed by atoms with van der Waals surface area (Å²) in [4.78, 5) is 6.76. The molecule has 3 rings (SSSR count). The molecule has 0 amide bonds. The van der Waals surface area contributed by atoms with Crippen LogP contribution in [0.15, 0.2) is 28.8 Å². The summed E-state index contributed by atoms with van der Waals surface area (Å²) in [7, 11) is 0. The molecule has 1 saturated heterocycles. The molecule has 0 saturated carbocycles. The first kappa shape index (κ1) is 16.1. The van der Waals surface area contributed by atoms with E-state index in [0.29, 0.717) is 24.2 Å². The van der Waals surface area contributed by atoms with Crippen molar-refractivity contribution in [1.82, 2.24) is 15.0 Å². The zero-order chi connectivity index (χ0) is 16.2. The molecule has 0 aliphatic carbocycles. The predicted octanol–water partition coefficient (Wildman–Crippen LogP) is 3.21. The lowest BCUT2D eigenvalue weighted by atomic mass is 10.0. The second-order valence-corrected chi connectivity index (χ2v) is 6.59. The Morgan fingerprint density at radius 1 is 1.26 bits per heavy atom. The molecule has 0 spiro atoms. The number of likely N-dealkylation sites (tertiary alicyclic amines) is 1. The summed E-state index contributed by atoms with van der Waals surface area (Å²) in [6.07, 6.45) is 3.38. The first-order valence-corrected chi connectivity index (χ1v) is 8.45. The van der Waals surface area contributed by atoms with Crippen LogP contribution in [0.2, 0.25) is 0 Å². The topological polar surface area (TPSA) is 62.4 Å². The Labute approximate surface area is 137 Å². The fourth-order valence-electron chi connectivity index (χ4n) is 3.10. The van der Waals surface area contributed by atoms with E-state index in [1.54, 1.807) is 0 Å². The molecule has 124 valence electrons. The van der Waals surface area contributed by atoms with Gasteiger partial charge in [-0.25, -0.2) is 0 Å². The van der Waals surface area contributed by atoms with Crippen LogP contribution in [-0.2, 0) is 6.54 Å². The third-order valence-corrected chi connectivity index (χ3v) is 4.60. The molecule has 2 aromatic rings. The smallest absolute Gasteiger partial charge is 0.241 e. The molecule has 23 heavy (non-hydrogen) atoms. The quantitative estimate of drug-likeness (QED) is 0.918. The number of hydrogen-bond acceptors (Lipinski definition) is 5.